The number of para-hydroxylation sites is 1. The van der Waals surface area contributed by atoms with Crippen LogP contribution in [0.1, 0.15) is 60.4 Å². The minimum Gasteiger partial charge on any atom is -0.496 e. The standard InChI is InChI=1S/C26H34N2O2/c1-30-25-10-6-5-9-23(25)24-17-21(24)18-27-16-15-19-11-13-22(14-12-19)28-26(29)20-7-3-2-4-8-20/h2-10,19,21-22,24,27H,11-18H2,1H3,(H,28,29)/t19?,21-,22?,24+/m0/s1. The average molecular weight is 407 g/mol. The summed E-state index contributed by atoms with van der Waals surface area (Å²) in [7, 11) is 1.76. The lowest BCUT2D eigenvalue weighted by molar-refractivity contribution is 0.0921. The Bertz CT molecular complexity index is 815. The lowest BCUT2D eigenvalue weighted by atomic mass is 9.84. The van der Waals surface area contributed by atoms with Crippen LogP contribution in [0.25, 0.3) is 0 Å². The Morgan fingerprint density at radius 3 is 2.50 bits per heavy atom. The summed E-state index contributed by atoms with van der Waals surface area (Å²) in [5.41, 5.74) is 2.12. The maximum absolute atomic E-state index is 12.3. The molecule has 0 heterocycles. The molecule has 4 heteroatoms. The van der Waals surface area contributed by atoms with Gasteiger partial charge in [0.25, 0.3) is 5.91 Å². The average Bonchev–Trinajstić information content (AvgIpc) is 3.57. The topological polar surface area (TPSA) is 50.4 Å². The van der Waals surface area contributed by atoms with E-state index in [0.717, 1.165) is 49.1 Å². The number of hydrogen-bond acceptors (Lipinski definition) is 3. The second kappa shape index (κ2) is 10.1. The van der Waals surface area contributed by atoms with E-state index in [-0.39, 0.29) is 5.91 Å². The predicted octanol–water partition coefficient (Wildman–Crippen LogP) is 4.77. The Balaban J connectivity index is 1.10. The van der Waals surface area contributed by atoms with Crippen LogP contribution in [0, 0.1) is 11.8 Å². The van der Waals surface area contributed by atoms with Gasteiger partial charge in [0.1, 0.15) is 5.75 Å². The van der Waals surface area contributed by atoms with Crippen molar-refractivity contribution in [1.82, 2.24) is 10.6 Å². The highest BCUT2D eigenvalue weighted by atomic mass is 16.5. The SMILES string of the molecule is COc1ccccc1[C@@H]1C[C@H]1CNCCC1CCC(NC(=O)c2ccccc2)CC1. The maximum Gasteiger partial charge on any atom is 0.251 e. The van der Waals surface area contributed by atoms with Crippen LogP contribution in [0.3, 0.4) is 0 Å². The van der Waals surface area contributed by atoms with E-state index in [1.54, 1.807) is 7.11 Å². The van der Waals surface area contributed by atoms with Crippen LogP contribution in [-0.2, 0) is 0 Å². The van der Waals surface area contributed by atoms with Crippen LogP contribution in [0.5, 0.6) is 5.75 Å². The molecule has 4 nitrogen and oxygen atoms in total. The molecule has 2 atom stereocenters. The van der Waals surface area contributed by atoms with Crippen molar-refractivity contribution in [1.29, 1.82) is 0 Å². The van der Waals surface area contributed by atoms with Crippen molar-refractivity contribution < 1.29 is 9.53 Å². The van der Waals surface area contributed by atoms with E-state index in [0.29, 0.717) is 12.0 Å². The minimum atomic E-state index is 0.0646. The smallest absolute Gasteiger partial charge is 0.251 e. The second-order valence-electron chi connectivity index (χ2n) is 8.89. The first-order chi connectivity index (χ1) is 14.7. The van der Waals surface area contributed by atoms with Crippen molar-refractivity contribution in [3.05, 3.63) is 65.7 Å². The van der Waals surface area contributed by atoms with Crippen LogP contribution in [-0.4, -0.2) is 32.1 Å². The van der Waals surface area contributed by atoms with E-state index in [2.05, 4.69) is 28.8 Å². The van der Waals surface area contributed by atoms with Crippen molar-refractivity contribution in [2.24, 2.45) is 11.8 Å². The van der Waals surface area contributed by atoms with Gasteiger partial charge in [-0.1, -0.05) is 36.4 Å². The third-order valence-electron chi connectivity index (χ3n) is 6.81. The Kier molecular flexibility index (Phi) is 7.06. The molecule has 2 fully saturated rings. The normalized spacial score (nSPS) is 25.5. The molecule has 2 aromatic rings. The quantitative estimate of drug-likeness (QED) is 0.590. The molecule has 2 aromatic carbocycles. The van der Waals surface area contributed by atoms with Crippen LogP contribution in [0.15, 0.2) is 54.6 Å². The van der Waals surface area contributed by atoms with E-state index in [9.17, 15) is 4.79 Å². The van der Waals surface area contributed by atoms with Gasteiger partial charge in [-0.2, -0.15) is 0 Å². The lowest BCUT2D eigenvalue weighted by Gasteiger charge is -2.29. The number of carbonyl (C=O) groups is 1. The number of benzene rings is 2. The zero-order valence-electron chi connectivity index (χ0n) is 18.0. The lowest BCUT2D eigenvalue weighted by Crippen LogP contribution is -2.38. The molecular weight excluding hydrogens is 372 g/mol. The second-order valence-corrected chi connectivity index (χ2v) is 8.89. The molecule has 0 bridgehead atoms. The van der Waals surface area contributed by atoms with E-state index in [1.165, 1.54) is 31.2 Å². The fourth-order valence-electron chi connectivity index (χ4n) is 4.87. The Morgan fingerprint density at radius 1 is 1.00 bits per heavy atom. The Morgan fingerprint density at radius 2 is 1.73 bits per heavy atom. The van der Waals surface area contributed by atoms with Crippen molar-refractivity contribution in [3.63, 3.8) is 0 Å². The van der Waals surface area contributed by atoms with E-state index in [1.807, 2.05) is 36.4 Å². The van der Waals surface area contributed by atoms with Crippen molar-refractivity contribution in [2.45, 2.75) is 50.5 Å². The minimum absolute atomic E-state index is 0.0646. The number of rotatable bonds is 9. The molecule has 2 aliphatic rings. The summed E-state index contributed by atoms with van der Waals surface area (Å²) < 4.78 is 5.51. The highest BCUT2D eigenvalue weighted by molar-refractivity contribution is 5.94. The summed E-state index contributed by atoms with van der Waals surface area (Å²) in [6.45, 7) is 2.20. The Hall–Kier alpha value is -2.33. The zero-order valence-corrected chi connectivity index (χ0v) is 18.0. The third-order valence-corrected chi connectivity index (χ3v) is 6.81. The number of carbonyl (C=O) groups excluding carboxylic acids is 1. The summed E-state index contributed by atoms with van der Waals surface area (Å²) in [6.07, 6.45) is 7.14. The molecule has 0 radical (unpaired) electrons. The van der Waals surface area contributed by atoms with Gasteiger partial charge in [0.2, 0.25) is 0 Å². The summed E-state index contributed by atoms with van der Waals surface area (Å²) in [5.74, 6) is 3.27. The number of methoxy groups -OCH3 is 1. The molecule has 1 amide bonds. The molecule has 30 heavy (non-hydrogen) atoms. The molecule has 4 rings (SSSR count). The highest BCUT2D eigenvalue weighted by Gasteiger charge is 2.39. The van der Waals surface area contributed by atoms with Crippen LogP contribution >= 0.6 is 0 Å². The molecule has 0 aromatic heterocycles. The van der Waals surface area contributed by atoms with Crippen molar-refractivity contribution >= 4 is 5.91 Å². The van der Waals surface area contributed by atoms with Gasteiger partial charge in [-0.3, -0.25) is 4.79 Å². The molecule has 0 aliphatic heterocycles. The third kappa shape index (κ3) is 5.42. The first kappa shape index (κ1) is 20.9. The van der Waals surface area contributed by atoms with Crippen LogP contribution < -0.4 is 15.4 Å². The van der Waals surface area contributed by atoms with Crippen molar-refractivity contribution in [2.75, 3.05) is 20.2 Å². The van der Waals surface area contributed by atoms with Gasteiger partial charge in [0, 0.05) is 11.6 Å². The van der Waals surface area contributed by atoms with Gasteiger partial charge >= 0.3 is 0 Å². The Labute approximate surface area is 180 Å². The maximum atomic E-state index is 12.3. The fraction of sp³-hybridized carbons (Fsp3) is 0.500. The predicted molar refractivity (Wildman–Crippen MR) is 121 cm³/mol. The summed E-state index contributed by atoms with van der Waals surface area (Å²) in [5, 5.41) is 6.90. The molecule has 0 unspecified atom stereocenters. The van der Waals surface area contributed by atoms with E-state index >= 15 is 0 Å². The molecule has 0 saturated heterocycles. The van der Waals surface area contributed by atoms with Gasteiger partial charge in [0.05, 0.1) is 7.11 Å². The first-order valence-corrected chi connectivity index (χ1v) is 11.4. The monoisotopic (exact) mass is 406 g/mol. The highest BCUT2D eigenvalue weighted by Crippen LogP contribution is 2.49. The van der Waals surface area contributed by atoms with Gasteiger partial charge < -0.3 is 15.4 Å². The molecular formula is C26H34N2O2. The number of nitrogens with one attached hydrogen (secondary N) is 2. The summed E-state index contributed by atoms with van der Waals surface area (Å²) in [6, 6.07) is 18.3. The van der Waals surface area contributed by atoms with Crippen molar-refractivity contribution in [3.8, 4) is 5.75 Å². The van der Waals surface area contributed by atoms with Gasteiger partial charge in [-0.15, -0.1) is 0 Å². The number of amides is 1. The molecule has 2 aliphatic carbocycles. The van der Waals surface area contributed by atoms with E-state index in [4.69, 9.17) is 4.74 Å². The van der Waals surface area contributed by atoms with Gasteiger partial charge in [0.15, 0.2) is 0 Å². The molecule has 2 N–H and O–H groups in total. The molecule has 0 spiro atoms. The van der Waals surface area contributed by atoms with Crippen LogP contribution in [0.4, 0.5) is 0 Å². The summed E-state index contributed by atoms with van der Waals surface area (Å²) >= 11 is 0. The summed E-state index contributed by atoms with van der Waals surface area (Å²) in [4.78, 5) is 12.3. The van der Waals surface area contributed by atoms with Gasteiger partial charge in [-0.05, 0) is 93.1 Å². The molecule has 2 saturated carbocycles. The van der Waals surface area contributed by atoms with E-state index < -0.39 is 0 Å². The zero-order chi connectivity index (χ0) is 20.8. The molecule has 160 valence electrons. The fourth-order valence-corrected chi connectivity index (χ4v) is 4.87. The largest absolute Gasteiger partial charge is 0.496 e. The number of hydrogen-bond donors (Lipinski definition) is 2. The van der Waals surface area contributed by atoms with Gasteiger partial charge in [-0.25, -0.2) is 0 Å². The first-order valence-electron chi connectivity index (χ1n) is 11.4. The van der Waals surface area contributed by atoms with Crippen LogP contribution in [0.2, 0.25) is 0 Å². The number of ether oxygens (including phenoxy) is 1.